The Morgan fingerprint density at radius 2 is 2.24 bits per heavy atom. The lowest BCUT2D eigenvalue weighted by Crippen LogP contribution is -2.26. The third kappa shape index (κ3) is 3.80. The van der Waals surface area contributed by atoms with E-state index in [-0.39, 0.29) is 23.5 Å². The summed E-state index contributed by atoms with van der Waals surface area (Å²) in [5, 5.41) is 14.2. The zero-order chi connectivity index (χ0) is 15.2. The normalized spacial score (nSPS) is 21.8. The van der Waals surface area contributed by atoms with Gasteiger partial charge in [-0.05, 0) is 32.1 Å². The van der Waals surface area contributed by atoms with E-state index in [0.717, 1.165) is 25.7 Å². The summed E-state index contributed by atoms with van der Waals surface area (Å²) in [7, 11) is 0. The fraction of sp³-hybridized carbons (Fsp3) is 0.714. The first kappa shape index (κ1) is 15.5. The van der Waals surface area contributed by atoms with Gasteiger partial charge in [-0.1, -0.05) is 19.8 Å². The molecule has 7 nitrogen and oxygen atoms in total. The highest BCUT2D eigenvalue weighted by Crippen LogP contribution is 2.35. The van der Waals surface area contributed by atoms with Gasteiger partial charge in [-0.25, -0.2) is 4.98 Å². The van der Waals surface area contributed by atoms with Crippen LogP contribution in [0.25, 0.3) is 0 Å². The fourth-order valence-electron chi connectivity index (χ4n) is 2.79. The zero-order valence-electron chi connectivity index (χ0n) is 12.5. The third-order valence-electron chi connectivity index (χ3n) is 3.91. The summed E-state index contributed by atoms with van der Waals surface area (Å²) in [5.74, 6) is 0.931. The zero-order valence-corrected chi connectivity index (χ0v) is 12.5. The second-order valence-corrected chi connectivity index (χ2v) is 5.34. The SMILES string of the molecule is CCNc1ncnc(OC2CCCC(CC)C2)c1[N+](=O)[O-]. The van der Waals surface area contributed by atoms with Crippen LogP contribution >= 0.6 is 0 Å². The molecular formula is C14H22N4O3. The molecule has 1 N–H and O–H groups in total. The maximum absolute atomic E-state index is 11.3. The maximum atomic E-state index is 11.3. The number of rotatable bonds is 6. The van der Waals surface area contributed by atoms with Crippen molar-refractivity contribution in [1.82, 2.24) is 9.97 Å². The molecule has 116 valence electrons. The molecule has 2 rings (SSSR count). The molecule has 0 spiro atoms. The summed E-state index contributed by atoms with van der Waals surface area (Å²) in [6.45, 7) is 4.58. The van der Waals surface area contributed by atoms with E-state index in [0.29, 0.717) is 12.5 Å². The summed E-state index contributed by atoms with van der Waals surface area (Å²) in [4.78, 5) is 18.7. The number of nitrogens with one attached hydrogen (secondary N) is 1. The molecule has 0 aliphatic heterocycles. The van der Waals surface area contributed by atoms with Crippen LogP contribution in [0.1, 0.15) is 46.0 Å². The molecule has 2 unspecified atom stereocenters. The molecule has 21 heavy (non-hydrogen) atoms. The number of aromatic nitrogens is 2. The van der Waals surface area contributed by atoms with E-state index in [1.807, 2.05) is 6.92 Å². The summed E-state index contributed by atoms with van der Waals surface area (Å²) in [5.41, 5.74) is -0.169. The van der Waals surface area contributed by atoms with Gasteiger partial charge in [-0.2, -0.15) is 4.98 Å². The monoisotopic (exact) mass is 294 g/mol. The first-order valence-corrected chi connectivity index (χ1v) is 7.55. The molecule has 7 heteroatoms. The summed E-state index contributed by atoms with van der Waals surface area (Å²) in [6, 6.07) is 0. The van der Waals surface area contributed by atoms with Crippen molar-refractivity contribution in [2.75, 3.05) is 11.9 Å². The molecule has 0 aromatic carbocycles. The Balaban J connectivity index is 2.19. The van der Waals surface area contributed by atoms with Gasteiger partial charge >= 0.3 is 5.69 Å². The van der Waals surface area contributed by atoms with E-state index in [1.54, 1.807) is 0 Å². The Hall–Kier alpha value is -1.92. The van der Waals surface area contributed by atoms with Crippen LogP contribution in [0.5, 0.6) is 5.88 Å². The molecule has 1 heterocycles. The molecule has 2 atom stereocenters. The second kappa shape index (κ2) is 7.19. The van der Waals surface area contributed by atoms with Crippen LogP contribution in [0.2, 0.25) is 0 Å². The minimum absolute atomic E-state index is 0.00627. The van der Waals surface area contributed by atoms with E-state index in [2.05, 4.69) is 22.2 Å². The van der Waals surface area contributed by atoms with E-state index in [1.165, 1.54) is 12.7 Å². The average molecular weight is 294 g/mol. The third-order valence-corrected chi connectivity index (χ3v) is 3.91. The van der Waals surface area contributed by atoms with Crippen molar-refractivity contribution in [3.05, 3.63) is 16.4 Å². The molecule has 0 amide bonds. The van der Waals surface area contributed by atoms with E-state index in [4.69, 9.17) is 4.74 Å². The number of anilines is 1. The molecule has 1 aromatic heterocycles. The molecule has 1 aromatic rings. The molecule has 0 bridgehead atoms. The van der Waals surface area contributed by atoms with Crippen molar-refractivity contribution in [1.29, 1.82) is 0 Å². The summed E-state index contributed by atoms with van der Waals surface area (Å²) in [6.07, 6.45) is 6.61. The fourth-order valence-corrected chi connectivity index (χ4v) is 2.79. The van der Waals surface area contributed by atoms with Gasteiger partial charge in [0, 0.05) is 6.54 Å². The molecule has 1 aliphatic carbocycles. The van der Waals surface area contributed by atoms with E-state index in [9.17, 15) is 10.1 Å². The summed E-state index contributed by atoms with van der Waals surface area (Å²) < 4.78 is 5.83. The molecule has 0 saturated heterocycles. The van der Waals surface area contributed by atoms with Crippen molar-refractivity contribution in [3.63, 3.8) is 0 Å². The second-order valence-electron chi connectivity index (χ2n) is 5.34. The van der Waals surface area contributed by atoms with Crippen LogP contribution in [0.3, 0.4) is 0 Å². The van der Waals surface area contributed by atoms with Gasteiger partial charge in [0.05, 0.1) is 4.92 Å². The maximum Gasteiger partial charge on any atom is 0.372 e. The van der Waals surface area contributed by atoms with Crippen LogP contribution < -0.4 is 10.1 Å². The smallest absolute Gasteiger partial charge is 0.372 e. The Labute approximate surface area is 124 Å². The van der Waals surface area contributed by atoms with Gasteiger partial charge < -0.3 is 10.1 Å². The number of nitro groups is 1. The van der Waals surface area contributed by atoms with Crippen LogP contribution in [0.4, 0.5) is 11.5 Å². The number of hydrogen-bond donors (Lipinski definition) is 1. The Bertz CT molecular complexity index is 495. The van der Waals surface area contributed by atoms with Gasteiger partial charge in [-0.15, -0.1) is 0 Å². The minimum Gasteiger partial charge on any atom is -0.469 e. The van der Waals surface area contributed by atoms with Gasteiger partial charge in [0.15, 0.2) is 0 Å². The van der Waals surface area contributed by atoms with Crippen LogP contribution in [0, 0.1) is 16.0 Å². The largest absolute Gasteiger partial charge is 0.469 e. The van der Waals surface area contributed by atoms with Crippen LogP contribution in [-0.4, -0.2) is 27.5 Å². The van der Waals surface area contributed by atoms with Crippen molar-refractivity contribution in [2.45, 2.75) is 52.1 Å². The first-order valence-electron chi connectivity index (χ1n) is 7.55. The Morgan fingerprint density at radius 1 is 1.43 bits per heavy atom. The van der Waals surface area contributed by atoms with Crippen LogP contribution in [0.15, 0.2) is 6.33 Å². The van der Waals surface area contributed by atoms with Crippen molar-refractivity contribution >= 4 is 11.5 Å². The highest BCUT2D eigenvalue weighted by Gasteiger charge is 2.28. The topological polar surface area (TPSA) is 90.2 Å². The lowest BCUT2D eigenvalue weighted by Gasteiger charge is -2.28. The summed E-state index contributed by atoms with van der Waals surface area (Å²) >= 11 is 0. The highest BCUT2D eigenvalue weighted by atomic mass is 16.6. The highest BCUT2D eigenvalue weighted by molar-refractivity contribution is 5.61. The van der Waals surface area contributed by atoms with E-state index < -0.39 is 4.92 Å². The molecule has 1 fully saturated rings. The quantitative estimate of drug-likeness (QED) is 0.640. The van der Waals surface area contributed by atoms with Crippen LogP contribution in [-0.2, 0) is 0 Å². The number of ether oxygens (including phenoxy) is 1. The number of hydrogen-bond acceptors (Lipinski definition) is 6. The standard InChI is InChI=1S/C14H22N4O3/c1-3-10-6-5-7-11(8-10)21-14-12(18(19)20)13(15-4-2)16-9-17-14/h9-11H,3-8H2,1-2H3,(H,15,16,17). The van der Waals surface area contributed by atoms with Gasteiger partial charge in [0.2, 0.25) is 5.82 Å². The lowest BCUT2D eigenvalue weighted by molar-refractivity contribution is -0.385. The number of nitrogens with zero attached hydrogens (tertiary/aromatic N) is 3. The van der Waals surface area contributed by atoms with E-state index >= 15 is 0 Å². The Morgan fingerprint density at radius 3 is 2.90 bits per heavy atom. The molecule has 1 saturated carbocycles. The van der Waals surface area contributed by atoms with Gasteiger partial charge in [-0.3, -0.25) is 10.1 Å². The predicted molar refractivity (Wildman–Crippen MR) is 79.5 cm³/mol. The predicted octanol–water partition coefficient (Wildman–Crippen LogP) is 3.16. The van der Waals surface area contributed by atoms with Gasteiger partial charge in [0.25, 0.3) is 5.88 Å². The van der Waals surface area contributed by atoms with Gasteiger partial charge in [0.1, 0.15) is 12.4 Å². The average Bonchev–Trinajstić information content (AvgIpc) is 2.47. The molecule has 0 radical (unpaired) electrons. The molecular weight excluding hydrogens is 272 g/mol. The molecule has 1 aliphatic rings. The first-order chi connectivity index (χ1) is 10.2. The lowest BCUT2D eigenvalue weighted by atomic mass is 9.85. The van der Waals surface area contributed by atoms with Crippen molar-refractivity contribution in [3.8, 4) is 5.88 Å². The van der Waals surface area contributed by atoms with Crippen molar-refractivity contribution < 1.29 is 9.66 Å². The Kier molecular flexibility index (Phi) is 5.30. The minimum atomic E-state index is -0.479. The van der Waals surface area contributed by atoms with Crippen molar-refractivity contribution in [2.24, 2.45) is 5.92 Å².